The Labute approximate surface area is 132 Å². The summed E-state index contributed by atoms with van der Waals surface area (Å²) >= 11 is 0. The van der Waals surface area contributed by atoms with Gasteiger partial charge in [0.25, 0.3) is 0 Å². The molecular formula is C18H23N3O. The first kappa shape index (κ1) is 16.0. The van der Waals surface area contributed by atoms with Crippen LogP contribution in [0.2, 0.25) is 0 Å². The van der Waals surface area contributed by atoms with Crippen LogP contribution in [0.15, 0.2) is 48.7 Å². The maximum absolute atomic E-state index is 12.7. The SMILES string of the molecule is CCC(C)N(Cc1ccccc1)C(=O)Cc1ccc(N)cn1. The molecule has 0 fully saturated rings. The van der Waals surface area contributed by atoms with Crippen LogP contribution in [0.3, 0.4) is 0 Å². The maximum atomic E-state index is 12.7. The highest BCUT2D eigenvalue weighted by molar-refractivity contribution is 5.78. The third-order valence-electron chi connectivity index (χ3n) is 3.82. The zero-order valence-electron chi connectivity index (χ0n) is 13.2. The summed E-state index contributed by atoms with van der Waals surface area (Å²) in [7, 11) is 0. The zero-order valence-corrected chi connectivity index (χ0v) is 13.2. The van der Waals surface area contributed by atoms with Gasteiger partial charge in [-0.25, -0.2) is 0 Å². The van der Waals surface area contributed by atoms with Gasteiger partial charge < -0.3 is 10.6 Å². The lowest BCUT2D eigenvalue weighted by Gasteiger charge is -2.29. The number of carbonyl (C=O) groups excluding carboxylic acids is 1. The molecule has 2 rings (SSSR count). The van der Waals surface area contributed by atoms with Gasteiger partial charge in [-0.05, 0) is 31.0 Å². The Morgan fingerprint density at radius 3 is 2.55 bits per heavy atom. The number of aromatic nitrogens is 1. The van der Waals surface area contributed by atoms with E-state index in [1.54, 1.807) is 12.3 Å². The third kappa shape index (κ3) is 4.32. The van der Waals surface area contributed by atoms with Gasteiger partial charge in [-0.15, -0.1) is 0 Å². The molecule has 0 aliphatic heterocycles. The minimum absolute atomic E-state index is 0.0930. The molecule has 116 valence electrons. The van der Waals surface area contributed by atoms with Crippen molar-refractivity contribution in [1.29, 1.82) is 0 Å². The number of carbonyl (C=O) groups is 1. The van der Waals surface area contributed by atoms with E-state index in [0.717, 1.165) is 17.7 Å². The molecule has 1 atom stereocenters. The quantitative estimate of drug-likeness (QED) is 0.891. The Kier molecular flexibility index (Phi) is 5.53. The summed E-state index contributed by atoms with van der Waals surface area (Å²) in [4.78, 5) is 18.8. The van der Waals surface area contributed by atoms with Gasteiger partial charge in [-0.1, -0.05) is 37.3 Å². The summed E-state index contributed by atoms with van der Waals surface area (Å²) in [5.74, 6) is 0.0930. The van der Waals surface area contributed by atoms with Crippen molar-refractivity contribution in [2.75, 3.05) is 5.73 Å². The van der Waals surface area contributed by atoms with Crippen molar-refractivity contribution < 1.29 is 4.79 Å². The molecule has 0 bridgehead atoms. The first-order chi connectivity index (χ1) is 10.6. The number of pyridine rings is 1. The number of amides is 1. The minimum Gasteiger partial charge on any atom is -0.397 e. The Bertz CT molecular complexity index is 595. The van der Waals surface area contributed by atoms with Gasteiger partial charge in [0.2, 0.25) is 5.91 Å². The van der Waals surface area contributed by atoms with Crippen LogP contribution in [0.25, 0.3) is 0 Å². The summed E-state index contributed by atoms with van der Waals surface area (Å²) in [6.07, 6.45) is 2.82. The van der Waals surface area contributed by atoms with Gasteiger partial charge in [0.05, 0.1) is 18.3 Å². The lowest BCUT2D eigenvalue weighted by atomic mass is 10.1. The standard InChI is InChI=1S/C18H23N3O/c1-3-14(2)21(13-15-7-5-4-6-8-15)18(22)11-17-10-9-16(19)12-20-17/h4-10,12,14H,3,11,13,19H2,1-2H3. The third-order valence-corrected chi connectivity index (χ3v) is 3.82. The molecule has 22 heavy (non-hydrogen) atoms. The lowest BCUT2D eigenvalue weighted by Crippen LogP contribution is -2.38. The Morgan fingerprint density at radius 1 is 1.23 bits per heavy atom. The average Bonchev–Trinajstić information content (AvgIpc) is 2.55. The predicted molar refractivity (Wildman–Crippen MR) is 89.1 cm³/mol. The number of nitrogen functional groups attached to an aromatic ring is 1. The molecule has 0 aliphatic rings. The van der Waals surface area contributed by atoms with Crippen molar-refractivity contribution >= 4 is 11.6 Å². The van der Waals surface area contributed by atoms with E-state index in [0.29, 0.717) is 18.7 Å². The summed E-state index contributed by atoms with van der Waals surface area (Å²) in [6, 6.07) is 13.9. The average molecular weight is 297 g/mol. The molecule has 0 radical (unpaired) electrons. The number of nitrogens with two attached hydrogens (primary N) is 1. The fraction of sp³-hybridized carbons (Fsp3) is 0.333. The van der Waals surface area contributed by atoms with Crippen molar-refractivity contribution in [1.82, 2.24) is 9.88 Å². The number of benzene rings is 1. The van der Waals surface area contributed by atoms with Crippen molar-refractivity contribution in [3.8, 4) is 0 Å². The largest absolute Gasteiger partial charge is 0.397 e. The summed E-state index contributed by atoms with van der Waals surface area (Å²) in [6.45, 7) is 4.80. The van der Waals surface area contributed by atoms with Gasteiger partial charge >= 0.3 is 0 Å². The van der Waals surface area contributed by atoms with Crippen molar-refractivity contribution in [2.24, 2.45) is 0 Å². The number of rotatable bonds is 6. The van der Waals surface area contributed by atoms with Crippen LogP contribution in [-0.2, 0) is 17.8 Å². The van der Waals surface area contributed by atoms with Crippen LogP contribution in [-0.4, -0.2) is 21.8 Å². The maximum Gasteiger partial charge on any atom is 0.229 e. The minimum atomic E-state index is 0.0930. The molecule has 2 N–H and O–H groups in total. The van der Waals surface area contributed by atoms with E-state index in [9.17, 15) is 4.79 Å². The molecule has 1 heterocycles. The van der Waals surface area contributed by atoms with Crippen molar-refractivity contribution in [2.45, 2.75) is 39.3 Å². The molecule has 0 spiro atoms. The second kappa shape index (κ2) is 7.59. The van der Waals surface area contributed by atoms with Crippen LogP contribution in [0, 0.1) is 0 Å². The van der Waals surface area contributed by atoms with Gasteiger partial charge in [-0.2, -0.15) is 0 Å². The van der Waals surface area contributed by atoms with Gasteiger partial charge in [0.15, 0.2) is 0 Å². The summed E-state index contributed by atoms with van der Waals surface area (Å²) in [5, 5.41) is 0. The highest BCUT2D eigenvalue weighted by atomic mass is 16.2. The lowest BCUT2D eigenvalue weighted by molar-refractivity contribution is -0.133. The van der Waals surface area contributed by atoms with Gasteiger partial charge in [-0.3, -0.25) is 9.78 Å². The van der Waals surface area contributed by atoms with Crippen LogP contribution in [0.1, 0.15) is 31.5 Å². The molecule has 2 aromatic rings. The van der Waals surface area contributed by atoms with E-state index in [4.69, 9.17) is 5.73 Å². The van der Waals surface area contributed by atoms with Crippen LogP contribution < -0.4 is 5.73 Å². The molecule has 1 aromatic heterocycles. The topological polar surface area (TPSA) is 59.2 Å². The van der Waals surface area contributed by atoms with E-state index >= 15 is 0 Å². The van der Waals surface area contributed by atoms with Crippen molar-refractivity contribution in [3.63, 3.8) is 0 Å². The van der Waals surface area contributed by atoms with Crippen molar-refractivity contribution in [3.05, 3.63) is 59.9 Å². The molecule has 1 aromatic carbocycles. The van der Waals surface area contributed by atoms with E-state index < -0.39 is 0 Å². The molecule has 0 saturated carbocycles. The zero-order chi connectivity index (χ0) is 15.9. The van der Waals surface area contributed by atoms with Crippen LogP contribution in [0.4, 0.5) is 5.69 Å². The van der Waals surface area contributed by atoms with E-state index in [-0.39, 0.29) is 11.9 Å². The molecule has 0 aliphatic carbocycles. The number of nitrogens with zero attached hydrogens (tertiary/aromatic N) is 2. The summed E-state index contributed by atoms with van der Waals surface area (Å²) < 4.78 is 0. The highest BCUT2D eigenvalue weighted by Crippen LogP contribution is 2.13. The normalized spacial score (nSPS) is 11.9. The first-order valence-corrected chi connectivity index (χ1v) is 7.64. The fourth-order valence-electron chi connectivity index (χ4n) is 2.29. The molecule has 0 saturated heterocycles. The second-order valence-electron chi connectivity index (χ2n) is 5.52. The van der Waals surface area contributed by atoms with E-state index in [2.05, 4.69) is 18.8 Å². The monoisotopic (exact) mass is 297 g/mol. The van der Waals surface area contributed by atoms with Gasteiger partial charge in [0, 0.05) is 18.3 Å². The van der Waals surface area contributed by atoms with E-state index in [1.165, 1.54) is 0 Å². The molecule has 4 nitrogen and oxygen atoms in total. The van der Waals surface area contributed by atoms with Crippen LogP contribution >= 0.6 is 0 Å². The molecule has 1 amide bonds. The Morgan fingerprint density at radius 2 is 1.95 bits per heavy atom. The predicted octanol–water partition coefficient (Wildman–Crippen LogP) is 3.03. The number of anilines is 1. The molecular weight excluding hydrogens is 274 g/mol. The number of hydrogen-bond acceptors (Lipinski definition) is 3. The first-order valence-electron chi connectivity index (χ1n) is 7.64. The molecule has 4 heteroatoms. The number of hydrogen-bond donors (Lipinski definition) is 1. The smallest absolute Gasteiger partial charge is 0.229 e. The second-order valence-corrected chi connectivity index (χ2v) is 5.52. The highest BCUT2D eigenvalue weighted by Gasteiger charge is 2.19. The van der Waals surface area contributed by atoms with E-state index in [1.807, 2.05) is 41.3 Å². The summed E-state index contributed by atoms with van der Waals surface area (Å²) in [5.41, 5.74) is 8.13. The van der Waals surface area contributed by atoms with Gasteiger partial charge in [0.1, 0.15) is 0 Å². The molecule has 1 unspecified atom stereocenters. The van der Waals surface area contributed by atoms with Crippen LogP contribution in [0.5, 0.6) is 0 Å². The fourth-order valence-corrected chi connectivity index (χ4v) is 2.29. The Balaban J connectivity index is 2.10. The Hall–Kier alpha value is -2.36.